The molecule has 2 aromatic carbocycles. The van der Waals surface area contributed by atoms with Gasteiger partial charge in [-0.25, -0.2) is 4.79 Å². The number of nitrogens with two attached hydrogens (primary N) is 1. The van der Waals surface area contributed by atoms with Crippen LogP contribution in [0.3, 0.4) is 0 Å². The Balaban J connectivity index is 1.66. The van der Waals surface area contributed by atoms with Crippen molar-refractivity contribution in [2.45, 2.75) is 30.8 Å². The van der Waals surface area contributed by atoms with Crippen molar-refractivity contribution in [1.82, 2.24) is 5.32 Å². The fourth-order valence-electron chi connectivity index (χ4n) is 2.86. The van der Waals surface area contributed by atoms with Gasteiger partial charge in [-0.1, -0.05) is 40.2 Å². The molecule has 3 rings (SSSR count). The lowest BCUT2D eigenvalue weighted by atomic mass is 10.1. The smallest absolute Gasteiger partial charge is 0.405 e. The minimum absolute atomic E-state index is 0.227. The number of hydrogen-bond donors (Lipinski definition) is 4. The van der Waals surface area contributed by atoms with Crippen molar-refractivity contribution in [2.24, 2.45) is 5.73 Å². The van der Waals surface area contributed by atoms with Gasteiger partial charge >= 0.3 is 6.09 Å². The van der Waals surface area contributed by atoms with E-state index in [1.54, 1.807) is 0 Å². The highest BCUT2D eigenvalue weighted by Crippen LogP contribution is 2.39. The number of benzene rings is 2. The summed E-state index contributed by atoms with van der Waals surface area (Å²) < 4.78 is 0.920. The van der Waals surface area contributed by atoms with Gasteiger partial charge in [0.15, 0.2) is 0 Å². The lowest BCUT2D eigenvalue weighted by molar-refractivity contribution is -0.118. The van der Waals surface area contributed by atoms with Crippen molar-refractivity contribution in [3.8, 4) is 0 Å². The monoisotopic (exact) mass is 417 g/mol. The normalized spacial score (nSPS) is 19.5. The third-order valence-electron chi connectivity index (χ3n) is 4.41. The molecule has 136 valence electrons. The summed E-state index contributed by atoms with van der Waals surface area (Å²) in [5.41, 5.74) is 8.49. The first-order valence-corrected chi connectivity index (χ1v) is 9.12. The average molecular weight is 418 g/mol. The van der Waals surface area contributed by atoms with Gasteiger partial charge in [0, 0.05) is 28.5 Å². The largest absolute Gasteiger partial charge is 0.465 e. The van der Waals surface area contributed by atoms with E-state index < -0.39 is 18.0 Å². The molecule has 7 heteroatoms. The Bertz CT molecular complexity index is 793. The van der Waals surface area contributed by atoms with Gasteiger partial charge < -0.3 is 21.5 Å². The van der Waals surface area contributed by atoms with Gasteiger partial charge in [0.2, 0.25) is 5.91 Å². The van der Waals surface area contributed by atoms with Crippen LogP contribution in [0.2, 0.25) is 0 Å². The summed E-state index contributed by atoms with van der Waals surface area (Å²) in [6.45, 7) is 0. The van der Waals surface area contributed by atoms with Crippen molar-refractivity contribution in [1.29, 1.82) is 0 Å². The van der Waals surface area contributed by atoms with E-state index in [0.29, 0.717) is 11.6 Å². The van der Waals surface area contributed by atoms with Crippen LogP contribution in [0.25, 0.3) is 0 Å². The van der Waals surface area contributed by atoms with Crippen LogP contribution in [0.5, 0.6) is 0 Å². The Labute approximate surface area is 159 Å². The van der Waals surface area contributed by atoms with E-state index in [9.17, 15) is 9.59 Å². The lowest BCUT2D eigenvalue weighted by Crippen LogP contribution is -2.44. The standard InChI is InChI=1S/C19H20BrN3O3/c20-13-5-1-11(2-6-13)9-17(23-19(25)26)18(24)22-14-7-3-12(4-8-14)15-10-16(15)21/h1-8,15-17,23H,9-10,21H2,(H,22,24)(H,25,26)/t15-,16+,17?/m0/s1. The highest BCUT2D eigenvalue weighted by molar-refractivity contribution is 9.10. The van der Waals surface area contributed by atoms with E-state index in [1.165, 1.54) is 0 Å². The van der Waals surface area contributed by atoms with Gasteiger partial charge in [-0.15, -0.1) is 0 Å². The Hall–Kier alpha value is -2.38. The quantitative estimate of drug-likeness (QED) is 0.579. The van der Waals surface area contributed by atoms with Crippen LogP contribution in [-0.4, -0.2) is 29.2 Å². The fourth-order valence-corrected chi connectivity index (χ4v) is 3.12. The number of amides is 2. The van der Waals surface area contributed by atoms with Crippen molar-refractivity contribution in [2.75, 3.05) is 5.32 Å². The highest BCUT2D eigenvalue weighted by Gasteiger charge is 2.34. The van der Waals surface area contributed by atoms with E-state index in [0.717, 1.165) is 22.0 Å². The molecule has 1 aliphatic carbocycles. The molecule has 0 saturated heterocycles. The molecule has 1 fully saturated rings. The molecule has 0 aromatic heterocycles. The van der Waals surface area contributed by atoms with Gasteiger partial charge in [0.1, 0.15) is 6.04 Å². The molecule has 6 nitrogen and oxygen atoms in total. The predicted molar refractivity (Wildman–Crippen MR) is 103 cm³/mol. The molecular weight excluding hydrogens is 398 g/mol. The molecule has 26 heavy (non-hydrogen) atoms. The molecule has 1 aliphatic rings. The molecule has 0 spiro atoms. The molecule has 2 amide bonds. The number of hydrogen-bond acceptors (Lipinski definition) is 3. The fraction of sp³-hybridized carbons (Fsp3) is 0.263. The van der Waals surface area contributed by atoms with Gasteiger partial charge in [0.25, 0.3) is 0 Å². The number of carbonyl (C=O) groups is 2. The molecule has 0 aliphatic heterocycles. The van der Waals surface area contributed by atoms with Crippen molar-refractivity contribution < 1.29 is 14.7 Å². The molecular formula is C19H20BrN3O3. The van der Waals surface area contributed by atoms with Crippen LogP contribution in [0.4, 0.5) is 10.5 Å². The van der Waals surface area contributed by atoms with Crippen LogP contribution in [0.15, 0.2) is 53.0 Å². The van der Waals surface area contributed by atoms with Crippen LogP contribution in [-0.2, 0) is 11.2 Å². The summed E-state index contributed by atoms with van der Waals surface area (Å²) in [4.78, 5) is 23.6. The van der Waals surface area contributed by atoms with Gasteiger partial charge in [-0.05, 0) is 41.8 Å². The molecule has 2 aromatic rings. The van der Waals surface area contributed by atoms with Crippen molar-refractivity contribution >= 4 is 33.6 Å². The maximum absolute atomic E-state index is 12.5. The zero-order chi connectivity index (χ0) is 18.7. The van der Waals surface area contributed by atoms with Crippen molar-refractivity contribution in [3.05, 3.63) is 64.1 Å². The molecule has 0 radical (unpaired) electrons. The first kappa shape index (κ1) is 18.4. The Morgan fingerprint density at radius 3 is 2.31 bits per heavy atom. The second-order valence-corrected chi connectivity index (χ2v) is 7.37. The first-order chi connectivity index (χ1) is 12.4. The minimum Gasteiger partial charge on any atom is -0.465 e. The number of carbonyl (C=O) groups excluding carboxylic acids is 1. The summed E-state index contributed by atoms with van der Waals surface area (Å²) >= 11 is 3.35. The Morgan fingerprint density at radius 2 is 1.77 bits per heavy atom. The lowest BCUT2D eigenvalue weighted by Gasteiger charge is -2.17. The number of anilines is 1. The number of halogens is 1. The summed E-state index contributed by atoms with van der Waals surface area (Å²) in [5.74, 6) is 0.00442. The minimum atomic E-state index is -1.24. The Morgan fingerprint density at radius 1 is 1.15 bits per heavy atom. The summed E-state index contributed by atoms with van der Waals surface area (Å²) in [5, 5.41) is 14.1. The second kappa shape index (κ2) is 7.88. The first-order valence-electron chi connectivity index (χ1n) is 8.32. The molecule has 0 bridgehead atoms. The van der Waals surface area contributed by atoms with Crippen LogP contribution < -0.4 is 16.4 Å². The van der Waals surface area contributed by atoms with Crippen LogP contribution in [0.1, 0.15) is 23.5 Å². The van der Waals surface area contributed by atoms with E-state index in [2.05, 4.69) is 26.6 Å². The van der Waals surface area contributed by atoms with E-state index >= 15 is 0 Å². The van der Waals surface area contributed by atoms with Crippen molar-refractivity contribution in [3.63, 3.8) is 0 Å². The van der Waals surface area contributed by atoms with Gasteiger partial charge in [-0.2, -0.15) is 0 Å². The molecule has 1 saturated carbocycles. The van der Waals surface area contributed by atoms with Gasteiger partial charge in [0.05, 0.1) is 0 Å². The van der Waals surface area contributed by atoms with Crippen LogP contribution in [0, 0.1) is 0 Å². The summed E-state index contributed by atoms with van der Waals surface area (Å²) in [6.07, 6.45) is 0.0181. The van der Waals surface area contributed by atoms with E-state index in [1.807, 2.05) is 48.5 Å². The highest BCUT2D eigenvalue weighted by atomic mass is 79.9. The topological polar surface area (TPSA) is 104 Å². The maximum atomic E-state index is 12.5. The van der Waals surface area contributed by atoms with E-state index in [4.69, 9.17) is 10.8 Å². The molecule has 3 atom stereocenters. The predicted octanol–water partition coefficient (Wildman–Crippen LogP) is 3.08. The SMILES string of the molecule is N[C@@H]1C[C@H]1c1ccc(NC(=O)C(Cc2ccc(Br)cc2)NC(=O)O)cc1. The number of rotatable bonds is 6. The number of carboxylic acid groups (broad SMARTS) is 1. The molecule has 1 unspecified atom stereocenters. The maximum Gasteiger partial charge on any atom is 0.405 e. The number of nitrogens with one attached hydrogen (secondary N) is 2. The van der Waals surface area contributed by atoms with Crippen LogP contribution >= 0.6 is 15.9 Å². The third-order valence-corrected chi connectivity index (χ3v) is 4.94. The summed E-state index contributed by atoms with van der Waals surface area (Å²) in [6, 6.07) is 14.3. The second-order valence-electron chi connectivity index (χ2n) is 6.45. The zero-order valence-corrected chi connectivity index (χ0v) is 15.6. The summed E-state index contributed by atoms with van der Waals surface area (Å²) in [7, 11) is 0. The average Bonchev–Trinajstić information content (AvgIpc) is 3.33. The van der Waals surface area contributed by atoms with E-state index in [-0.39, 0.29) is 12.5 Å². The third kappa shape index (κ3) is 4.83. The zero-order valence-electron chi connectivity index (χ0n) is 14.0. The van der Waals surface area contributed by atoms with Gasteiger partial charge in [-0.3, -0.25) is 4.79 Å². The Kier molecular flexibility index (Phi) is 5.58. The molecule has 0 heterocycles. The molecule has 5 N–H and O–H groups in total.